The van der Waals surface area contributed by atoms with Crippen LogP contribution in [0.2, 0.25) is 0 Å². The molecule has 6 heteroatoms. The van der Waals surface area contributed by atoms with Gasteiger partial charge < -0.3 is 11.7 Å². The van der Waals surface area contributed by atoms with E-state index in [0.29, 0.717) is 5.69 Å². The predicted molar refractivity (Wildman–Crippen MR) is 86.3 cm³/mol. The molecule has 24 heavy (non-hydrogen) atoms. The van der Waals surface area contributed by atoms with Crippen molar-refractivity contribution in [3.05, 3.63) is 37.3 Å². The molecule has 0 aromatic heterocycles. The second-order valence-electron chi connectivity index (χ2n) is 6.47. The molecule has 2 atom stereocenters. The first-order chi connectivity index (χ1) is 10.8. The van der Waals surface area contributed by atoms with Crippen LogP contribution in [0.25, 0.3) is 0 Å². The first-order valence-corrected chi connectivity index (χ1v) is 7.69. The van der Waals surface area contributed by atoms with Crippen LogP contribution in [0.3, 0.4) is 0 Å². The third-order valence-corrected chi connectivity index (χ3v) is 4.28. The van der Waals surface area contributed by atoms with E-state index in [9.17, 15) is 14.4 Å². The maximum Gasteiger partial charge on any atom is 0.308 e. The number of nitrogens with zero attached hydrogens (tertiary/aromatic N) is 1. The molecule has 0 saturated carbocycles. The Bertz CT molecular complexity index is 615. The van der Waals surface area contributed by atoms with Crippen LogP contribution in [0.15, 0.2) is 30.3 Å². The summed E-state index contributed by atoms with van der Waals surface area (Å²) in [5.74, 6) is -1.89. The van der Waals surface area contributed by atoms with Crippen molar-refractivity contribution in [1.29, 1.82) is 0 Å². The van der Waals surface area contributed by atoms with E-state index < -0.39 is 23.2 Å². The summed E-state index contributed by atoms with van der Waals surface area (Å²) < 4.78 is 4.97. The summed E-state index contributed by atoms with van der Waals surface area (Å²) in [6.45, 7) is 8.72. The Balaban J connectivity index is 0.00000288. The number of esters is 1. The van der Waals surface area contributed by atoms with Crippen molar-refractivity contribution in [2.45, 2.75) is 27.2 Å². The van der Waals surface area contributed by atoms with E-state index in [1.54, 1.807) is 45.0 Å². The van der Waals surface area contributed by atoms with Crippen molar-refractivity contribution >= 4 is 23.5 Å². The number of para-hydroxylation sites is 1. The predicted octanol–water partition coefficient (Wildman–Crippen LogP) is 2.61. The number of hydrogen-bond donors (Lipinski definition) is 0. The van der Waals surface area contributed by atoms with Crippen LogP contribution < -0.4 is 4.90 Å². The Morgan fingerprint density at radius 3 is 2.33 bits per heavy atom. The summed E-state index contributed by atoms with van der Waals surface area (Å²) in [5.41, 5.74) is -0.283. The number of hydrogen-bond acceptors (Lipinski definition) is 4. The van der Waals surface area contributed by atoms with E-state index in [-0.39, 0.29) is 24.8 Å². The zero-order valence-corrected chi connectivity index (χ0v) is 20.8. The smallest absolute Gasteiger partial charge is 0.308 e. The van der Waals surface area contributed by atoms with E-state index in [4.69, 9.17) is 4.74 Å². The second kappa shape index (κ2) is 6.94. The number of rotatable bonds is 5. The number of amides is 2. The summed E-state index contributed by atoms with van der Waals surface area (Å²) >= 11 is 0. The van der Waals surface area contributed by atoms with Crippen molar-refractivity contribution in [3.63, 3.8) is 0 Å². The van der Waals surface area contributed by atoms with E-state index in [2.05, 4.69) is 6.92 Å². The van der Waals surface area contributed by atoms with E-state index in [0.717, 1.165) is 0 Å². The molecule has 0 aliphatic carbocycles. The molecule has 0 radical (unpaired) electrons. The van der Waals surface area contributed by atoms with Crippen LogP contribution in [0.5, 0.6) is 0 Å². The Morgan fingerprint density at radius 1 is 1.21 bits per heavy atom. The van der Waals surface area contributed by atoms with Crippen LogP contribution in [-0.2, 0) is 19.1 Å². The standard InChI is InChI=1S/C18H22NO4.Rf/c1-5-23-17(22)18(3,4)11-14-12(2)15(20)19(16(14)21)13-9-7-6-8-10-13;/h6-10,12,14H,1,5,11H2,2-4H3;/q-1;. The zero-order valence-electron chi connectivity index (χ0n) is 14.5. The molecular weight excluding hydrogens is 561 g/mol. The minimum Gasteiger partial charge on any atom is -0.498 e. The average Bonchev–Trinajstić information content (AvgIpc) is 2.72. The molecule has 1 fully saturated rings. The van der Waals surface area contributed by atoms with Gasteiger partial charge in [-0.2, -0.15) is 0 Å². The zero-order chi connectivity index (χ0) is 17.2. The third-order valence-electron chi connectivity index (χ3n) is 4.28. The van der Waals surface area contributed by atoms with Gasteiger partial charge in [-0.05, 0) is 39.0 Å². The van der Waals surface area contributed by atoms with Crippen LogP contribution in [0.4, 0.5) is 5.69 Å². The summed E-state index contributed by atoms with van der Waals surface area (Å²) in [4.78, 5) is 38.5. The first kappa shape index (κ1) is 18.9. The number of carbonyl (C=O) groups is 3. The van der Waals surface area contributed by atoms with Crippen molar-refractivity contribution < 1.29 is 19.1 Å². The normalized spacial score (nSPS) is 20.8. The first-order valence-electron chi connectivity index (χ1n) is 7.69. The van der Waals surface area contributed by atoms with Crippen molar-refractivity contribution in [3.8, 4) is 0 Å². The monoisotopic (exact) mass is 583 g/mol. The number of ether oxygens (including phenoxy) is 1. The molecule has 1 aliphatic rings. The average molecular weight is 583 g/mol. The molecule has 0 spiro atoms. The molecule has 1 saturated heterocycles. The molecule has 1 heterocycles. The molecule has 2 amide bonds. The second-order valence-corrected chi connectivity index (χ2v) is 6.47. The van der Waals surface area contributed by atoms with Gasteiger partial charge in [-0.3, -0.25) is 19.3 Å². The molecule has 2 rings (SSSR count). The molecule has 0 bridgehead atoms. The third kappa shape index (κ3) is 3.26. The van der Waals surface area contributed by atoms with Crippen molar-refractivity contribution in [2.75, 3.05) is 11.5 Å². The van der Waals surface area contributed by atoms with E-state index >= 15 is 0 Å². The molecule has 1 aromatic carbocycles. The maximum atomic E-state index is 12.7. The Kier molecular flexibility index (Phi) is 5.46. The quantitative estimate of drug-likeness (QED) is 0.304. The number of benzene rings is 1. The van der Waals surface area contributed by atoms with Gasteiger partial charge in [0.2, 0.25) is 11.8 Å². The van der Waals surface area contributed by atoms with Gasteiger partial charge in [0.1, 0.15) is 0 Å². The van der Waals surface area contributed by atoms with Crippen LogP contribution in [0, 0.1) is 24.2 Å². The molecule has 5 nitrogen and oxygen atoms in total. The van der Waals surface area contributed by atoms with Gasteiger partial charge in [0.15, 0.2) is 0 Å². The minimum atomic E-state index is -0.848. The van der Waals surface area contributed by atoms with Gasteiger partial charge in [-0.15, -0.1) is 0 Å². The summed E-state index contributed by atoms with van der Waals surface area (Å²) in [5, 5.41) is 0. The Morgan fingerprint density at radius 2 is 1.79 bits per heavy atom. The van der Waals surface area contributed by atoms with Gasteiger partial charge in [0, 0.05) is 5.92 Å². The van der Waals surface area contributed by atoms with Crippen LogP contribution in [0.1, 0.15) is 27.2 Å². The number of imide groups is 1. The SMILES string of the molecule is [CH2-]COC(=O)C(C)(C)CC1C(=O)N(c2ccccc2)C(=O)C1C.[Rf]. The number of anilines is 1. The Labute approximate surface area is 136 Å². The Hall–Kier alpha value is -3.17. The molecule has 0 N–H and O–H groups in total. The van der Waals surface area contributed by atoms with E-state index in [1.807, 2.05) is 6.07 Å². The maximum absolute atomic E-state index is 12.7. The van der Waals surface area contributed by atoms with Crippen LogP contribution >= 0.6 is 0 Å². The summed E-state index contributed by atoms with van der Waals surface area (Å²) in [6.07, 6.45) is 0.265. The van der Waals surface area contributed by atoms with E-state index in [1.165, 1.54) is 4.90 Å². The van der Waals surface area contributed by atoms with Crippen LogP contribution in [-0.4, -0.2) is 24.4 Å². The van der Waals surface area contributed by atoms with Gasteiger partial charge in [0.05, 0.1) is 17.0 Å². The topological polar surface area (TPSA) is 63.7 Å². The van der Waals surface area contributed by atoms with Crippen molar-refractivity contribution in [1.82, 2.24) is 0 Å². The molecular formula is C18H22NO4Rf-. The molecule has 1 aromatic rings. The summed E-state index contributed by atoms with van der Waals surface area (Å²) in [7, 11) is 0. The molecule has 1 aliphatic heterocycles. The number of carbonyl (C=O) groups excluding carboxylic acids is 3. The van der Waals surface area contributed by atoms with Gasteiger partial charge >= 0.3 is 5.97 Å². The fourth-order valence-electron chi connectivity index (χ4n) is 2.88. The fraction of sp³-hybridized carbons (Fsp3) is 0.444. The summed E-state index contributed by atoms with van der Waals surface area (Å²) in [6, 6.07) is 8.85. The minimum absolute atomic E-state index is 0. The fourth-order valence-corrected chi connectivity index (χ4v) is 2.88. The van der Waals surface area contributed by atoms with Gasteiger partial charge in [-0.25, -0.2) is 0 Å². The van der Waals surface area contributed by atoms with Gasteiger partial charge in [0.25, 0.3) is 0 Å². The van der Waals surface area contributed by atoms with Crippen molar-refractivity contribution in [2.24, 2.45) is 17.3 Å². The van der Waals surface area contributed by atoms with Gasteiger partial charge in [-0.1, -0.05) is 25.1 Å². The molecule has 2 unspecified atom stereocenters. The largest absolute Gasteiger partial charge is 0.498 e. The molecule has 126 valence electrons.